The summed E-state index contributed by atoms with van der Waals surface area (Å²) < 4.78 is 11.4. The zero-order valence-electron chi connectivity index (χ0n) is 21.9. The van der Waals surface area contributed by atoms with E-state index >= 15 is 0 Å². The molecule has 7 heteroatoms. The third kappa shape index (κ3) is 6.79. The van der Waals surface area contributed by atoms with Gasteiger partial charge in [-0.15, -0.1) is 11.3 Å². The molecule has 37 heavy (non-hydrogen) atoms. The van der Waals surface area contributed by atoms with Gasteiger partial charge in [0.25, 0.3) is 5.91 Å². The largest absolute Gasteiger partial charge is 0.491 e. The molecule has 1 aliphatic rings. The summed E-state index contributed by atoms with van der Waals surface area (Å²) in [6.07, 6.45) is 1.48. The van der Waals surface area contributed by atoms with E-state index in [0.29, 0.717) is 44.2 Å². The lowest BCUT2D eigenvalue weighted by Crippen LogP contribution is -2.48. The molecule has 196 valence electrons. The van der Waals surface area contributed by atoms with Gasteiger partial charge in [0.1, 0.15) is 18.9 Å². The van der Waals surface area contributed by atoms with Crippen molar-refractivity contribution in [1.29, 1.82) is 0 Å². The number of thiophene rings is 1. The Morgan fingerprint density at radius 3 is 2.54 bits per heavy atom. The molecular weight excluding hydrogens is 484 g/mol. The molecule has 6 nitrogen and oxygen atoms in total. The van der Waals surface area contributed by atoms with Gasteiger partial charge < -0.3 is 19.3 Å². The SMILES string of the molecule is COCCCN(CC(=O)N1CCc2sccc2[C@H]1COc1ccc(C(C)C)cc1)C(=O)c1ccccc1. The second kappa shape index (κ2) is 12.9. The van der Waals surface area contributed by atoms with Crippen molar-refractivity contribution in [3.05, 3.63) is 87.6 Å². The number of hydrogen-bond donors (Lipinski definition) is 0. The average Bonchev–Trinajstić information content (AvgIpc) is 3.41. The van der Waals surface area contributed by atoms with Crippen LogP contribution in [0.25, 0.3) is 0 Å². The lowest BCUT2D eigenvalue weighted by atomic mass is 10.00. The third-order valence-corrected chi connectivity index (χ3v) is 7.78. The Hall–Kier alpha value is -3.16. The first-order valence-corrected chi connectivity index (χ1v) is 13.8. The fourth-order valence-electron chi connectivity index (χ4n) is 4.67. The van der Waals surface area contributed by atoms with Crippen molar-refractivity contribution >= 4 is 23.2 Å². The maximum atomic E-state index is 13.7. The Morgan fingerprint density at radius 2 is 1.84 bits per heavy atom. The highest BCUT2D eigenvalue weighted by Gasteiger charge is 2.33. The van der Waals surface area contributed by atoms with Crippen LogP contribution in [0.3, 0.4) is 0 Å². The number of methoxy groups -OCH3 is 1. The molecule has 0 unspecified atom stereocenters. The number of rotatable bonds is 11. The van der Waals surface area contributed by atoms with Crippen LogP contribution in [0.5, 0.6) is 5.75 Å². The van der Waals surface area contributed by atoms with Crippen LogP contribution in [0.1, 0.15) is 58.6 Å². The fourth-order valence-corrected chi connectivity index (χ4v) is 5.60. The van der Waals surface area contributed by atoms with Crippen LogP contribution < -0.4 is 4.74 Å². The van der Waals surface area contributed by atoms with Gasteiger partial charge in [-0.1, -0.05) is 44.2 Å². The number of carbonyl (C=O) groups is 2. The number of nitrogens with zero attached hydrogens (tertiary/aromatic N) is 2. The number of hydrogen-bond acceptors (Lipinski definition) is 5. The molecule has 0 N–H and O–H groups in total. The van der Waals surface area contributed by atoms with Gasteiger partial charge in [0.2, 0.25) is 5.91 Å². The molecule has 2 heterocycles. The molecule has 0 saturated heterocycles. The first-order valence-electron chi connectivity index (χ1n) is 12.9. The number of benzene rings is 2. The van der Waals surface area contributed by atoms with Crippen LogP contribution >= 0.6 is 11.3 Å². The predicted octanol–water partition coefficient (Wildman–Crippen LogP) is 5.56. The average molecular weight is 521 g/mol. The van der Waals surface area contributed by atoms with Crippen molar-refractivity contribution in [2.75, 3.05) is 40.0 Å². The number of fused-ring (bicyclic) bond motifs is 1. The van der Waals surface area contributed by atoms with Gasteiger partial charge >= 0.3 is 0 Å². The van der Waals surface area contributed by atoms with Crippen LogP contribution in [0.15, 0.2) is 66.0 Å². The Bertz CT molecular complexity index is 1160. The number of ether oxygens (including phenoxy) is 2. The zero-order valence-corrected chi connectivity index (χ0v) is 22.7. The minimum atomic E-state index is -0.195. The minimum Gasteiger partial charge on any atom is -0.491 e. The normalized spacial score (nSPS) is 14.9. The van der Waals surface area contributed by atoms with Crippen molar-refractivity contribution in [2.45, 2.75) is 38.6 Å². The number of amides is 2. The summed E-state index contributed by atoms with van der Waals surface area (Å²) in [6.45, 7) is 6.32. The molecule has 4 rings (SSSR count). The molecule has 0 fully saturated rings. The number of carbonyl (C=O) groups excluding carboxylic acids is 2. The van der Waals surface area contributed by atoms with Crippen molar-refractivity contribution in [3.63, 3.8) is 0 Å². The van der Waals surface area contributed by atoms with E-state index in [1.807, 2.05) is 35.2 Å². The molecule has 3 aromatic rings. The quantitative estimate of drug-likeness (QED) is 0.311. The lowest BCUT2D eigenvalue weighted by Gasteiger charge is -2.37. The first-order chi connectivity index (χ1) is 18.0. The van der Waals surface area contributed by atoms with E-state index in [2.05, 4.69) is 37.4 Å². The van der Waals surface area contributed by atoms with E-state index in [0.717, 1.165) is 17.7 Å². The molecule has 1 aliphatic heterocycles. The molecule has 0 aliphatic carbocycles. The van der Waals surface area contributed by atoms with Crippen molar-refractivity contribution in [2.24, 2.45) is 0 Å². The Labute approximate surface area is 223 Å². The summed E-state index contributed by atoms with van der Waals surface area (Å²) in [6, 6.07) is 19.2. The summed E-state index contributed by atoms with van der Waals surface area (Å²) in [5.41, 5.74) is 2.98. The minimum absolute atomic E-state index is 0.0243. The molecular formula is C30H36N2O4S. The predicted molar refractivity (Wildman–Crippen MR) is 147 cm³/mol. The smallest absolute Gasteiger partial charge is 0.254 e. The van der Waals surface area contributed by atoms with Crippen LogP contribution in [0, 0.1) is 0 Å². The summed E-state index contributed by atoms with van der Waals surface area (Å²) in [5, 5.41) is 2.08. The van der Waals surface area contributed by atoms with E-state index in [9.17, 15) is 9.59 Å². The third-order valence-electron chi connectivity index (χ3n) is 6.78. The van der Waals surface area contributed by atoms with Crippen molar-refractivity contribution in [1.82, 2.24) is 9.80 Å². The Morgan fingerprint density at radius 1 is 1.08 bits per heavy atom. The van der Waals surface area contributed by atoms with Crippen molar-refractivity contribution in [3.8, 4) is 5.75 Å². The van der Waals surface area contributed by atoms with Crippen LogP contribution in [-0.2, 0) is 16.0 Å². The van der Waals surface area contributed by atoms with Gasteiger partial charge in [-0.2, -0.15) is 0 Å². The van der Waals surface area contributed by atoms with E-state index in [1.165, 1.54) is 10.4 Å². The monoisotopic (exact) mass is 520 g/mol. The van der Waals surface area contributed by atoms with E-state index in [-0.39, 0.29) is 24.4 Å². The maximum absolute atomic E-state index is 13.7. The molecule has 0 spiro atoms. The van der Waals surface area contributed by atoms with Gasteiger partial charge in [0, 0.05) is 37.2 Å². The molecule has 2 amide bonds. The summed E-state index contributed by atoms with van der Waals surface area (Å²) >= 11 is 1.73. The van der Waals surface area contributed by atoms with E-state index < -0.39 is 0 Å². The first kappa shape index (κ1) is 26.9. The highest BCUT2D eigenvalue weighted by Crippen LogP contribution is 2.34. The fraction of sp³-hybridized carbons (Fsp3) is 0.400. The highest BCUT2D eigenvalue weighted by molar-refractivity contribution is 7.10. The van der Waals surface area contributed by atoms with Crippen LogP contribution in [0.4, 0.5) is 0 Å². The molecule has 1 aromatic heterocycles. The summed E-state index contributed by atoms with van der Waals surface area (Å²) in [7, 11) is 1.64. The summed E-state index contributed by atoms with van der Waals surface area (Å²) in [5.74, 6) is 1.04. The maximum Gasteiger partial charge on any atom is 0.254 e. The van der Waals surface area contributed by atoms with Crippen LogP contribution in [-0.4, -0.2) is 61.6 Å². The van der Waals surface area contributed by atoms with E-state index in [4.69, 9.17) is 9.47 Å². The van der Waals surface area contributed by atoms with Crippen LogP contribution in [0.2, 0.25) is 0 Å². The second-order valence-electron chi connectivity index (χ2n) is 9.63. The summed E-state index contributed by atoms with van der Waals surface area (Å²) in [4.78, 5) is 31.8. The van der Waals surface area contributed by atoms with Gasteiger partial charge in [-0.3, -0.25) is 9.59 Å². The lowest BCUT2D eigenvalue weighted by molar-refractivity contribution is -0.135. The van der Waals surface area contributed by atoms with Gasteiger partial charge in [0.15, 0.2) is 0 Å². The second-order valence-corrected chi connectivity index (χ2v) is 10.6. The molecule has 0 bridgehead atoms. The molecule has 2 aromatic carbocycles. The van der Waals surface area contributed by atoms with Gasteiger partial charge in [-0.25, -0.2) is 0 Å². The molecule has 0 saturated carbocycles. The Balaban J connectivity index is 1.50. The zero-order chi connectivity index (χ0) is 26.2. The van der Waals surface area contributed by atoms with E-state index in [1.54, 1.807) is 35.5 Å². The topological polar surface area (TPSA) is 59.1 Å². The van der Waals surface area contributed by atoms with Gasteiger partial charge in [-0.05, 0) is 65.6 Å². The highest BCUT2D eigenvalue weighted by atomic mass is 32.1. The molecule has 1 atom stereocenters. The van der Waals surface area contributed by atoms with Crippen molar-refractivity contribution < 1.29 is 19.1 Å². The van der Waals surface area contributed by atoms with Gasteiger partial charge in [0.05, 0.1) is 6.04 Å². The standard InChI is InChI=1S/C30H36N2O4S/c1-22(2)23-10-12-25(13-11-23)36-21-27-26-15-19-37-28(26)14-17-32(27)29(33)20-31(16-7-18-35-3)30(34)24-8-5-4-6-9-24/h4-6,8-13,15,19,22,27H,7,14,16-18,20-21H2,1-3H3/t27-/m1/s1. The molecule has 0 radical (unpaired) electrons. The Kier molecular flexibility index (Phi) is 9.36.